The molecule has 0 bridgehead atoms. The first-order valence-electron chi connectivity index (χ1n) is 7.61. The molecule has 1 unspecified atom stereocenters. The molecule has 1 atom stereocenters. The molecular formula is C17H24N2O2. The lowest BCUT2D eigenvalue weighted by atomic mass is 9.96. The van der Waals surface area contributed by atoms with E-state index in [2.05, 4.69) is 11.4 Å². The van der Waals surface area contributed by atoms with E-state index in [9.17, 15) is 5.26 Å². The minimum Gasteiger partial charge on any atom is -0.497 e. The minimum atomic E-state index is -0.392. The van der Waals surface area contributed by atoms with Crippen molar-refractivity contribution in [1.29, 1.82) is 5.26 Å². The van der Waals surface area contributed by atoms with E-state index < -0.39 is 5.54 Å². The monoisotopic (exact) mass is 288 g/mol. The van der Waals surface area contributed by atoms with Crippen molar-refractivity contribution < 1.29 is 9.47 Å². The van der Waals surface area contributed by atoms with Crippen molar-refractivity contribution in [3.8, 4) is 17.6 Å². The van der Waals surface area contributed by atoms with Crippen LogP contribution in [0.15, 0.2) is 24.3 Å². The molecule has 0 radical (unpaired) electrons. The summed E-state index contributed by atoms with van der Waals surface area (Å²) in [7, 11) is 1.65. The third-order valence-electron chi connectivity index (χ3n) is 3.73. The number of nitrogens with zero attached hydrogens (tertiary/aromatic N) is 1. The smallest absolute Gasteiger partial charge is 0.122 e. The second kappa shape index (κ2) is 7.33. The molecule has 114 valence electrons. The van der Waals surface area contributed by atoms with E-state index in [1.54, 1.807) is 7.11 Å². The lowest BCUT2D eigenvalue weighted by Crippen LogP contribution is -2.42. The van der Waals surface area contributed by atoms with Crippen molar-refractivity contribution in [3.05, 3.63) is 24.3 Å². The van der Waals surface area contributed by atoms with Crippen molar-refractivity contribution in [2.24, 2.45) is 0 Å². The number of nitrogens with one attached hydrogen (secondary N) is 1. The van der Waals surface area contributed by atoms with E-state index in [4.69, 9.17) is 9.47 Å². The van der Waals surface area contributed by atoms with E-state index in [0.717, 1.165) is 30.8 Å². The molecule has 0 spiro atoms. The Balaban J connectivity index is 1.65. The van der Waals surface area contributed by atoms with E-state index in [0.29, 0.717) is 12.6 Å². The third-order valence-corrected chi connectivity index (χ3v) is 3.73. The van der Waals surface area contributed by atoms with Crippen LogP contribution in [-0.4, -0.2) is 25.3 Å². The molecule has 1 fully saturated rings. The van der Waals surface area contributed by atoms with Gasteiger partial charge in [-0.25, -0.2) is 0 Å². The van der Waals surface area contributed by atoms with Gasteiger partial charge in [0.25, 0.3) is 0 Å². The Kier molecular flexibility index (Phi) is 5.46. The fraction of sp³-hybridized carbons (Fsp3) is 0.588. The summed E-state index contributed by atoms with van der Waals surface area (Å²) >= 11 is 0. The van der Waals surface area contributed by atoms with E-state index in [-0.39, 0.29) is 0 Å². The zero-order valence-electron chi connectivity index (χ0n) is 12.9. The first-order chi connectivity index (χ1) is 10.1. The van der Waals surface area contributed by atoms with Gasteiger partial charge in [-0.05, 0) is 51.2 Å². The molecule has 1 aromatic rings. The maximum absolute atomic E-state index is 9.30. The highest BCUT2D eigenvalue weighted by molar-refractivity contribution is 5.32. The summed E-state index contributed by atoms with van der Waals surface area (Å²) in [5, 5.41) is 12.7. The standard InChI is InChI=1S/C17H24N2O2/c1-17(13-18,19-14-8-9-14)10-3-4-11-21-16-7-5-6-15(12-16)20-2/h5-7,12,14,19H,3-4,8-11H2,1-2H3. The van der Waals surface area contributed by atoms with Crippen LogP contribution in [0.2, 0.25) is 0 Å². The summed E-state index contributed by atoms with van der Waals surface area (Å²) in [6.45, 7) is 2.66. The molecule has 1 aliphatic rings. The van der Waals surface area contributed by atoms with Gasteiger partial charge in [-0.2, -0.15) is 5.26 Å². The number of hydrogen-bond acceptors (Lipinski definition) is 4. The summed E-state index contributed by atoms with van der Waals surface area (Å²) in [5.74, 6) is 1.63. The van der Waals surface area contributed by atoms with Crippen molar-refractivity contribution in [1.82, 2.24) is 5.32 Å². The SMILES string of the molecule is COc1cccc(OCCCCC(C)(C#N)NC2CC2)c1. The molecule has 0 aliphatic heterocycles. The Labute approximate surface area is 127 Å². The summed E-state index contributed by atoms with van der Waals surface area (Å²) in [6.07, 6.45) is 5.20. The summed E-state index contributed by atoms with van der Waals surface area (Å²) < 4.78 is 10.9. The molecule has 0 heterocycles. The van der Waals surface area contributed by atoms with Crippen LogP contribution in [0.4, 0.5) is 0 Å². The zero-order valence-corrected chi connectivity index (χ0v) is 12.9. The Hall–Kier alpha value is -1.73. The van der Waals surface area contributed by atoms with Crippen molar-refractivity contribution in [3.63, 3.8) is 0 Å². The van der Waals surface area contributed by atoms with Crippen molar-refractivity contribution in [2.45, 2.75) is 50.6 Å². The van der Waals surface area contributed by atoms with Gasteiger partial charge in [-0.1, -0.05) is 6.07 Å². The number of ether oxygens (including phenoxy) is 2. The molecule has 2 rings (SSSR count). The van der Waals surface area contributed by atoms with Crippen LogP contribution < -0.4 is 14.8 Å². The molecule has 0 amide bonds. The average molecular weight is 288 g/mol. The fourth-order valence-electron chi connectivity index (χ4n) is 2.30. The van der Waals surface area contributed by atoms with Crippen LogP contribution in [0.3, 0.4) is 0 Å². The predicted octanol–water partition coefficient (Wildman–Crippen LogP) is 3.28. The molecule has 4 nitrogen and oxygen atoms in total. The van der Waals surface area contributed by atoms with Crippen LogP contribution in [0, 0.1) is 11.3 Å². The highest BCUT2D eigenvalue weighted by atomic mass is 16.5. The molecule has 4 heteroatoms. The van der Waals surface area contributed by atoms with Gasteiger partial charge in [-0.3, -0.25) is 5.32 Å². The Morgan fingerprint density at radius 1 is 1.33 bits per heavy atom. The molecule has 1 N–H and O–H groups in total. The lowest BCUT2D eigenvalue weighted by Gasteiger charge is -2.23. The number of hydrogen-bond donors (Lipinski definition) is 1. The van der Waals surface area contributed by atoms with Gasteiger partial charge >= 0.3 is 0 Å². The quantitative estimate of drug-likeness (QED) is 0.709. The van der Waals surface area contributed by atoms with Gasteiger partial charge in [0.15, 0.2) is 0 Å². The third kappa shape index (κ3) is 5.28. The maximum Gasteiger partial charge on any atom is 0.122 e. The summed E-state index contributed by atoms with van der Waals surface area (Å²) in [5.41, 5.74) is -0.392. The number of nitriles is 1. The second-order valence-corrected chi connectivity index (χ2v) is 5.85. The van der Waals surface area contributed by atoms with E-state index in [1.807, 2.05) is 31.2 Å². The van der Waals surface area contributed by atoms with Gasteiger partial charge in [-0.15, -0.1) is 0 Å². The largest absolute Gasteiger partial charge is 0.497 e. The Morgan fingerprint density at radius 3 is 2.76 bits per heavy atom. The normalized spacial score (nSPS) is 16.8. The van der Waals surface area contributed by atoms with Crippen molar-refractivity contribution in [2.75, 3.05) is 13.7 Å². The topological polar surface area (TPSA) is 54.3 Å². The summed E-state index contributed by atoms with van der Waals surface area (Å²) in [6, 6.07) is 10.6. The van der Waals surface area contributed by atoms with Crippen LogP contribution in [0.25, 0.3) is 0 Å². The first kappa shape index (κ1) is 15.7. The van der Waals surface area contributed by atoms with Crippen LogP contribution >= 0.6 is 0 Å². The first-order valence-corrected chi connectivity index (χ1v) is 7.61. The van der Waals surface area contributed by atoms with Gasteiger partial charge < -0.3 is 9.47 Å². The highest BCUT2D eigenvalue weighted by Crippen LogP contribution is 2.25. The molecule has 1 saturated carbocycles. The van der Waals surface area contributed by atoms with E-state index >= 15 is 0 Å². The predicted molar refractivity (Wildman–Crippen MR) is 82.5 cm³/mol. The number of methoxy groups -OCH3 is 1. The van der Waals surface area contributed by atoms with Crippen LogP contribution in [-0.2, 0) is 0 Å². The number of unbranched alkanes of at least 4 members (excludes halogenated alkanes) is 1. The van der Waals surface area contributed by atoms with Gasteiger partial charge in [0, 0.05) is 12.1 Å². The minimum absolute atomic E-state index is 0.392. The molecule has 1 aromatic carbocycles. The van der Waals surface area contributed by atoms with E-state index in [1.165, 1.54) is 12.8 Å². The molecule has 21 heavy (non-hydrogen) atoms. The lowest BCUT2D eigenvalue weighted by molar-refractivity contribution is 0.293. The maximum atomic E-state index is 9.30. The fourth-order valence-corrected chi connectivity index (χ4v) is 2.30. The van der Waals surface area contributed by atoms with Crippen LogP contribution in [0.1, 0.15) is 39.0 Å². The molecule has 0 aromatic heterocycles. The van der Waals surface area contributed by atoms with Crippen LogP contribution in [0.5, 0.6) is 11.5 Å². The second-order valence-electron chi connectivity index (χ2n) is 5.85. The molecule has 1 aliphatic carbocycles. The Bertz CT molecular complexity index is 494. The molecular weight excluding hydrogens is 264 g/mol. The van der Waals surface area contributed by atoms with Crippen molar-refractivity contribution >= 4 is 0 Å². The Morgan fingerprint density at radius 2 is 2.10 bits per heavy atom. The average Bonchev–Trinajstić information content (AvgIpc) is 3.31. The van der Waals surface area contributed by atoms with Gasteiger partial charge in [0.2, 0.25) is 0 Å². The zero-order chi connectivity index (χ0) is 15.1. The van der Waals surface area contributed by atoms with Gasteiger partial charge in [0.05, 0.1) is 19.8 Å². The highest BCUT2D eigenvalue weighted by Gasteiger charge is 2.31. The number of rotatable bonds is 9. The number of benzene rings is 1. The molecule has 0 saturated heterocycles. The van der Waals surface area contributed by atoms with Gasteiger partial charge in [0.1, 0.15) is 17.0 Å². The summed E-state index contributed by atoms with van der Waals surface area (Å²) in [4.78, 5) is 0.